The van der Waals surface area contributed by atoms with E-state index in [1.807, 2.05) is 12.1 Å². The highest BCUT2D eigenvalue weighted by Crippen LogP contribution is 2.39. The van der Waals surface area contributed by atoms with Gasteiger partial charge in [0.1, 0.15) is 12.1 Å². The van der Waals surface area contributed by atoms with Crippen molar-refractivity contribution in [3.05, 3.63) is 45.9 Å². The quantitative estimate of drug-likeness (QED) is 0.257. The lowest BCUT2D eigenvalue weighted by atomic mass is 9.75. The Bertz CT molecular complexity index is 1240. The Kier molecular flexibility index (Phi) is 9.14. The standard InChI is InChI=1S/C28H35BrClFN4O2/c1-16(2)35(4)13-19-7-6-18(10-17(19)3)14-37-25-12-23-20(11-24(25)36-5)28(33-15-32-23)34-22-9-8-21(29)26(30)27(22)31/h8-9,11-12,15-19H,6-7,10,13-14H2,1-5H3,(H,32,33,34). The minimum Gasteiger partial charge on any atom is -0.493 e. The number of rotatable bonds is 9. The first kappa shape index (κ1) is 27.9. The first-order chi connectivity index (χ1) is 17.7. The van der Waals surface area contributed by atoms with E-state index in [2.05, 4.69) is 63.9 Å². The average Bonchev–Trinajstić information content (AvgIpc) is 2.88. The maximum atomic E-state index is 14.7. The highest BCUT2D eigenvalue weighted by atomic mass is 79.9. The van der Waals surface area contributed by atoms with Gasteiger partial charge in [-0.1, -0.05) is 18.5 Å². The lowest BCUT2D eigenvalue weighted by Crippen LogP contribution is -2.37. The van der Waals surface area contributed by atoms with E-state index < -0.39 is 5.82 Å². The van der Waals surface area contributed by atoms with Gasteiger partial charge in [0.15, 0.2) is 17.3 Å². The van der Waals surface area contributed by atoms with Crippen LogP contribution in [-0.2, 0) is 0 Å². The van der Waals surface area contributed by atoms with Gasteiger partial charge in [-0.25, -0.2) is 14.4 Å². The summed E-state index contributed by atoms with van der Waals surface area (Å²) in [5, 5.41) is 3.73. The predicted molar refractivity (Wildman–Crippen MR) is 152 cm³/mol. The molecule has 0 aliphatic heterocycles. The Hall–Kier alpha value is -2.16. The SMILES string of the molecule is COc1cc2c(Nc3ccc(Br)c(Cl)c3F)ncnc2cc1OCC1CCC(CN(C)C(C)C)C(C)C1. The summed E-state index contributed by atoms with van der Waals surface area (Å²) in [4.78, 5) is 11.2. The molecule has 3 atom stereocenters. The van der Waals surface area contributed by atoms with Crippen molar-refractivity contribution in [1.29, 1.82) is 0 Å². The molecule has 1 heterocycles. The van der Waals surface area contributed by atoms with E-state index in [1.165, 1.54) is 12.7 Å². The van der Waals surface area contributed by atoms with Gasteiger partial charge < -0.3 is 19.7 Å². The van der Waals surface area contributed by atoms with Gasteiger partial charge in [0.05, 0.1) is 29.9 Å². The zero-order chi connectivity index (χ0) is 26.7. The van der Waals surface area contributed by atoms with Gasteiger partial charge in [0.25, 0.3) is 0 Å². The van der Waals surface area contributed by atoms with E-state index >= 15 is 0 Å². The fraction of sp³-hybridized carbons (Fsp3) is 0.500. The van der Waals surface area contributed by atoms with Crippen LogP contribution in [0.2, 0.25) is 5.02 Å². The summed E-state index contributed by atoms with van der Waals surface area (Å²) >= 11 is 9.29. The summed E-state index contributed by atoms with van der Waals surface area (Å²) in [6, 6.07) is 7.54. The molecule has 200 valence electrons. The van der Waals surface area contributed by atoms with Gasteiger partial charge in [0, 0.05) is 28.5 Å². The highest BCUT2D eigenvalue weighted by Gasteiger charge is 2.29. The average molecular weight is 594 g/mol. The van der Waals surface area contributed by atoms with Crippen LogP contribution in [0.1, 0.15) is 40.0 Å². The molecule has 1 aromatic heterocycles. The number of benzene rings is 2. The van der Waals surface area contributed by atoms with Crippen LogP contribution >= 0.6 is 27.5 Å². The van der Waals surface area contributed by atoms with Crippen LogP contribution in [0.25, 0.3) is 10.9 Å². The number of hydrogen-bond acceptors (Lipinski definition) is 6. The van der Waals surface area contributed by atoms with Gasteiger partial charge in [-0.3, -0.25) is 0 Å². The summed E-state index contributed by atoms with van der Waals surface area (Å²) in [6.07, 6.45) is 4.98. The van der Waals surface area contributed by atoms with E-state index in [9.17, 15) is 4.39 Å². The van der Waals surface area contributed by atoms with E-state index in [4.69, 9.17) is 21.1 Å². The van der Waals surface area contributed by atoms with Gasteiger partial charge in [-0.05, 0) is 92.0 Å². The second kappa shape index (κ2) is 12.1. The Morgan fingerprint density at radius 3 is 2.70 bits per heavy atom. The number of aromatic nitrogens is 2. The largest absolute Gasteiger partial charge is 0.493 e. The summed E-state index contributed by atoms with van der Waals surface area (Å²) in [5.74, 6) is 3.01. The first-order valence-electron chi connectivity index (χ1n) is 12.7. The van der Waals surface area contributed by atoms with Crippen LogP contribution in [0.15, 0.2) is 35.1 Å². The summed E-state index contributed by atoms with van der Waals surface area (Å²) in [7, 11) is 3.82. The maximum absolute atomic E-state index is 14.7. The highest BCUT2D eigenvalue weighted by molar-refractivity contribution is 9.10. The zero-order valence-electron chi connectivity index (χ0n) is 22.0. The lowest BCUT2D eigenvalue weighted by molar-refractivity contribution is 0.106. The number of nitrogens with one attached hydrogen (secondary N) is 1. The zero-order valence-corrected chi connectivity index (χ0v) is 24.4. The summed E-state index contributed by atoms with van der Waals surface area (Å²) in [6.45, 7) is 8.66. The second-order valence-electron chi connectivity index (χ2n) is 10.4. The van der Waals surface area contributed by atoms with Gasteiger partial charge >= 0.3 is 0 Å². The normalized spacial score (nSPS) is 20.0. The van der Waals surface area contributed by atoms with Crippen molar-refractivity contribution >= 4 is 49.9 Å². The molecule has 1 aliphatic carbocycles. The first-order valence-corrected chi connectivity index (χ1v) is 13.9. The molecule has 4 rings (SSSR count). The second-order valence-corrected chi connectivity index (χ2v) is 11.6. The molecule has 0 spiro atoms. The topological polar surface area (TPSA) is 59.5 Å². The van der Waals surface area contributed by atoms with Crippen molar-refractivity contribution in [2.45, 2.75) is 46.1 Å². The third-order valence-electron chi connectivity index (χ3n) is 7.54. The van der Waals surface area contributed by atoms with Crippen LogP contribution < -0.4 is 14.8 Å². The molecule has 9 heteroatoms. The third-order valence-corrected chi connectivity index (χ3v) is 8.80. The van der Waals surface area contributed by atoms with Gasteiger partial charge in [-0.2, -0.15) is 0 Å². The molecule has 1 N–H and O–H groups in total. The molecule has 0 bridgehead atoms. The molecule has 1 saturated carbocycles. The van der Waals surface area contributed by atoms with E-state index in [-0.39, 0.29) is 10.7 Å². The van der Waals surface area contributed by atoms with Crippen molar-refractivity contribution in [1.82, 2.24) is 14.9 Å². The van der Waals surface area contributed by atoms with Crippen LogP contribution in [0.3, 0.4) is 0 Å². The summed E-state index contributed by atoms with van der Waals surface area (Å²) in [5.41, 5.74) is 0.891. The maximum Gasteiger partial charge on any atom is 0.166 e. The number of anilines is 2. The van der Waals surface area contributed by atoms with Crippen LogP contribution in [0.5, 0.6) is 11.5 Å². The molecule has 1 aliphatic rings. The molecular weight excluding hydrogens is 559 g/mol. The molecular formula is C28H35BrClFN4O2. The number of methoxy groups -OCH3 is 1. The van der Waals surface area contributed by atoms with Crippen molar-refractivity contribution in [2.75, 3.05) is 32.6 Å². The Morgan fingerprint density at radius 2 is 2.00 bits per heavy atom. The Balaban J connectivity index is 1.47. The molecule has 6 nitrogen and oxygen atoms in total. The Morgan fingerprint density at radius 1 is 1.22 bits per heavy atom. The van der Waals surface area contributed by atoms with E-state index in [0.29, 0.717) is 57.2 Å². The molecule has 0 saturated heterocycles. The fourth-order valence-corrected chi connectivity index (χ4v) is 5.44. The minimum absolute atomic E-state index is 0.00641. The number of nitrogens with zero attached hydrogens (tertiary/aromatic N) is 3. The van der Waals surface area contributed by atoms with Crippen molar-refractivity contribution < 1.29 is 13.9 Å². The molecule has 0 amide bonds. The van der Waals surface area contributed by atoms with Gasteiger partial charge in [0.2, 0.25) is 0 Å². The molecule has 2 aromatic carbocycles. The fourth-order valence-electron chi connectivity index (χ4n) is 4.97. The minimum atomic E-state index is -0.561. The lowest BCUT2D eigenvalue weighted by Gasteiger charge is -2.37. The number of ether oxygens (including phenoxy) is 2. The van der Waals surface area contributed by atoms with Crippen LogP contribution in [0.4, 0.5) is 15.9 Å². The number of hydrogen-bond donors (Lipinski definition) is 1. The summed E-state index contributed by atoms with van der Waals surface area (Å²) < 4.78 is 27.1. The smallest absolute Gasteiger partial charge is 0.166 e. The van der Waals surface area contributed by atoms with Gasteiger partial charge in [-0.15, -0.1) is 0 Å². The van der Waals surface area contributed by atoms with Crippen molar-refractivity contribution in [2.24, 2.45) is 17.8 Å². The van der Waals surface area contributed by atoms with Crippen molar-refractivity contribution in [3.63, 3.8) is 0 Å². The van der Waals surface area contributed by atoms with E-state index in [1.54, 1.807) is 19.2 Å². The molecule has 1 fully saturated rings. The number of halogens is 3. The predicted octanol–water partition coefficient (Wildman–Crippen LogP) is 7.71. The van der Waals surface area contributed by atoms with Crippen molar-refractivity contribution in [3.8, 4) is 11.5 Å². The third kappa shape index (κ3) is 6.47. The molecule has 37 heavy (non-hydrogen) atoms. The van der Waals surface area contributed by atoms with Crippen LogP contribution in [-0.4, -0.2) is 48.2 Å². The van der Waals surface area contributed by atoms with Crippen LogP contribution in [0, 0.1) is 23.6 Å². The van der Waals surface area contributed by atoms with E-state index in [0.717, 1.165) is 25.3 Å². The monoisotopic (exact) mass is 592 g/mol. The molecule has 3 aromatic rings. The number of fused-ring (bicyclic) bond motifs is 1. The molecule has 0 radical (unpaired) electrons. The Labute approximate surface area is 232 Å². The molecule has 3 unspecified atom stereocenters.